The second kappa shape index (κ2) is 4.98. The molecular weight excluding hydrogens is 266 g/mol. The number of rotatable bonds is 2. The predicted octanol–water partition coefficient (Wildman–Crippen LogP) is 3.78. The normalized spacial score (nSPS) is 13.1. The van der Waals surface area contributed by atoms with Gasteiger partial charge in [0, 0.05) is 11.1 Å². The fraction of sp³-hybridized carbons (Fsp3) is 0.118. The van der Waals surface area contributed by atoms with Gasteiger partial charge < -0.3 is 13.9 Å². The van der Waals surface area contributed by atoms with Gasteiger partial charge in [-0.1, -0.05) is 18.2 Å². The van der Waals surface area contributed by atoms with Gasteiger partial charge in [-0.3, -0.25) is 0 Å². The summed E-state index contributed by atoms with van der Waals surface area (Å²) >= 11 is 0. The lowest BCUT2D eigenvalue weighted by molar-refractivity contribution is 0.171. The van der Waals surface area contributed by atoms with Crippen molar-refractivity contribution in [2.75, 3.05) is 13.2 Å². The molecule has 0 unspecified atom stereocenters. The Kier molecular flexibility index (Phi) is 2.85. The van der Waals surface area contributed by atoms with E-state index in [1.165, 1.54) is 0 Å². The second-order valence-corrected chi connectivity index (χ2v) is 4.75. The highest BCUT2D eigenvalue weighted by Crippen LogP contribution is 2.35. The summed E-state index contributed by atoms with van der Waals surface area (Å²) in [5, 5.41) is 0. The smallest absolute Gasteiger partial charge is 0.226 e. The van der Waals surface area contributed by atoms with Crippen LogP contribution in [-0.2, 0) is 0 Å². The standard InChI is InChI=1S/C17H13NO3/c1-2-4-12(5-3-1)17-18-11-16(21-17)13-6-7-14-15(10-13)20-9-8-19-14/h1-7,10-11H,8-9H2. The van der Waals surface area contributed by atoms with Gasteiger partial charge in [-0.2, -0.15) is 0 Å². The molecule has 4 rings (SSSR count). The maximum Gasteiger partial charge on any atom is 0.226 e. The van der Waals surface area contributed by atoms with E-state index in [-0.39, 0.29) is 0 Å². The third kappa shape index (κ3) is 2.25. The van der Waals surface area contributed by atoms with E-state index < -0.39 is 0 Å². The molecule has 2 heterocycles. The van der Waals surface area contributed by atoms with Crippen molar-refractivity contribution in [3.8, 4) is 34.3 Å². The fourth-order valence-corrected chi connectivity index (χ4v) is 2.32. The maximum absolute atomic E-state index is 5.84. The highest BCUT2D eigenvalue weighted by Gasteiger charge is 2.14. The summed E-state index contributed by atoms with van der Waals surface area (Å²) in [5.41, 5.74) is 1.88. The summed E-state index contributed by atoms with van der Waals surface area (Å²) in [6.07, 6.45) is 1.73. The Morgan fingerprint density at radius 3 is 2.48 bits per heavy atom. The molecule has 104 valence electrons. The Balaban J connectivity index is 1.70. The van der Waals surface area contributed by atoms with Crippen LogP contribution in [0, 0.1) is 0 Å². The van der Waals surface area contributed by atoms with Crippen molar-refractivity contribution in [1.29, 1.82) is 0 Å². The zero-order valence-corrected chi connectivity index (χ0v) is 11.3. The number of fused-ring (bicyclic) bond motifs is 1. The summed E-state index contributed by atoms with van der Waals surface area (Å²) in [7, 11) is 0. The van der Waals surface area contributed by atoms with Crippen molar-refractivity contribution in [2.45, 2.75) is 0 Å². The highest BCUT2D eigenvalue weighted by molar-refractivity contribution is 5.64. The van der Waals surface area contributed by atoms with Crippen LogP contribution in [0.15, 0.2) is 59.1 Å². The third-order valence-electron chi connectivity index (χ3n) is 3.35. The van der Waals surface area contributed by atoms with Crippen LogP contribution in [0.25, 0.3) is 22.8 Å². The minimum absolute atomic E-state index is 0.572. The molecule has 0 saturated heterocycles. The SMILES string of the molecule is c1ccc(-c2ncc(-c3ccc4c(c3)OCCO4)o2)cc1. The van der Waals surface area contributed by atoms with Crippen LogP contribution in [0.2, 0.25) is 0 Å². The highest BCUT2D eigenvalue weighted by atomic mass is 16.6. The Morgan fingerprint density at radius 1 is 0.810 bits per heavy atom. The first kappa shape index (κ1) is 12.0. The number of oxazole rings is 1. The minimum Gasteiger partial charge on any atom is -0.486 e. The lowest BCUT2D eigenvalue weighted by Gasteiger charge is -2.18. The Morgan fingerprint density at radius 2 is 1.62 bits per heavy atom. The Bertz CT molecular complexity index is 765. The van der Waals surface area contributed by atoms with Crippen molar-refractivity contribution < 1.29 is 13.9 Å². The predicted molar refractivity (Wildman–Crippen MR) is 78.4 cm³/mol. The van der Waals surface area contributed by atoms with E-state index in [1.54, 1.807) is 6.20 Å². The van der Waals surface area contributed by atoms with Crippen LogP contribution in [0.4, 0.5) is 0 Å². The van der Waals surface area contributed by atoms with E-state index in [1.807, 2.05) is 48.5 Å². The van der Waals surface area contributed by atoms with Gasteiger partial charge in [0.05, 0.1) is 6.20 Å². The summed E-state index contributed by atoms with van der Waals surface area (Å²) < 4.78 is 16.9. The molecule has 0 fully saturated rings. The van der Waals surface area contributed by atoms with Gasteiger partial charge in [0.1, 0.15) is 13.2 Å². The van der Waals surface area contributed by atoms with Crippen LogP contribution in [0.1, 0.15) is 0 Å². The number of ether oxygens (including phenoxy) is 2. The molecule has 21 heavy (non-hydrogen) atoms. The number of benzene rings is 2. The van der Waals surface area contributed by atoms with Crippen molar-refractivity contribution in [1.82, 2.24) is 4.98 Å². The quantitative estimate of drug-likeness (QED) is 0.716. The molecule has 0 aliphatic carbocycles. The molecule has 2 aromatic carbocycles. The van der Waals surface area contributed by atoms with Crippen LogP contribution in [-0.4, -0.2) is 18.2 Å². The molecule has 0 amide bonds. The molecular formula is C17H13NO3. The summed E-state index contributed by atoms with van der Waals surface area (Å²) in [6.45, 7) is 1.16. The monoisotopic (exact) mass is 279 g/mol. The maximum atomic E-state index is 5.84. The van der Waals surface area contributed by atoms with Gasteiger partial charge in [0.2, 0.25) is 5.89 Å². The van der Waals surface area contributed by atoms with E-state index in [0.717, 1.165) is 22.6 Å². The first-order chi connectivity index (χ1) is 10.4. The van der Waals surface area contributed by atoms with Gasteiger partial charge in [-0.25, -0.2) is 4.98 Å². The Hall–Kier alpha value is -2.75. The molecule has 0 N–H and O–H groups in total. The molecule has 4 heteroatoms. The first-order valence-corrected chi connectivity index (χ1v) is 6.81. The lowest BCUT2D eigenvalue weighted by Crippen LogP contribution is -2.15. The van der Waals surface area contributed by atoms with Gasteiger partial charge in [-0.05, 0) is 30.3 Å². The van der Waals surface area contributed by atoms with E-state index in [2.05, 4.69) is 4.98 Å². The van der Waals surface area contributed by atoms with Gasteiger partial charge >= 0.3 is 0 Å². The zero-order chi connectivity index (χ0) is 14.1. The van der Waals surface area contributed by atoms with Crippen LogP contribution in [0.3, 0.4) is 0 Å². The average molecular weight is 279 g/mol. The average Bonchev–Trinajstić information content (AvgIpc) is 3.05. The molecule has 3 aromatic rings. The number of aromatic nitrogens is 1. The molecule has 0 radical (unpaired) electrons. The molecule has 0 spiro atoms. The molecule has 4 nitrogen and oxygen atoms in total. The minimum atomic E-state index is 0.572. The van der Waals surface area contributed by atoms with E-state index >= 15 is 0 Å². The van der Waals surface area contributed by atoms with Gasteiger partial charge in [0.15, 0.2) is 17.3 Å². The molecule has 1 aliphatic heterocycles. The van der Waals surface area contributed by atoms with Crippen molar-refractivity contribution in [3.63, 3.8) is 0 Å². The van der Waals surface area contributed by atoms with E-state index in [0.29, 0.717) is 24.9 Å². The first-order valence-electron chi connectivity index (χ1n) is 6.81. The van der Waals surface area contributed by atoms with E-state index in [4.69, 9.17) is 13.9 Å². The van der Waals surface area contributed by atoms with Crippen molar-refractivity contribution in [2.24, 2.45) is 0 Å². The van der Waals surface area contributed by atoms with Crippen LogP contribution in [0.5, 0.6) is 11.5 Å². The molecule has 1 aromatic heterocycles. The lowest BCUT2D eigenvalue weighted by atomic mass is 10.1. The fourth-order valence-electron chi connectivity index (χ4n) is 2.32. The second-order valence-electron chi connectivity index (χ2n) is 4.75. The number of nitrogens with zero attached hydrogens (tertiary/aromatic N) is 1. The van der Waals surface area contributed by atoms with Gasteiger partial charge in [-0.15, -0.1) is 0 Å². The molecule has 0 saturated carbocycles. The van der Waals surface area contributed by atoms with Crippen molar-refractivity contribution >= 4 is 0 Å². The third-order valence-corrected chi connectivity index (χ3v) is 3.35. The van der Waals surface area contributed by atoms with E-state index in [9.17, 15) is 0 Å². The molecule has 0 bridgehead atoms. The molecule has 0 atom stereocenters. The number of hydrogen-bond donors (Lipinski definition) is 0. The van der Waals surface area contributed by atoms with Crippen LogP contribution < -0.4 is 9.47 Å². The molecule has 1 aliphatic rings. The summed E-state index contributed by atoms with van der Waals surface area (Å²) in [6, 6.07) is 15.6. The Labute approximate surface area is 122 Å². The largest absolute Gasteiger partial charge is 0.486 e. The van der Waals surface area contributed by atoms with Gasteiger partial charge in [0.25, 0.3) is 0 Å². The van der Waals surface area contributed by atoms with Crippen LogP contribution >= 0.6 is 0 Å². The topological polar surface area (TPSA) is 44.5 Å². The summed E-state index contributed by atoms with van der Waals surface area (Å²) in [4.78, 5) is 4.34. The number of hydrogen-bond acceptors (Lipinski definition) is 4. The summed E-state index contributed by atoms with van der Waals surface area (Å²) in [5.74, 6) is 2.84. The van der Waals surface area contributed by atoms with Crippen molar-refractivity contribution in [3.05, 3.63) is 54.7 Å². The zero-order valence-electron chi connectivity index (χ0n) is 11.3.